The summed E-state index contributed by atoms with van der Waals surface area (Å²) in [6.07, 6.45) is 1.66. The van der Waals surface area contributed by atoms with Crippen molar-refractivity contribution in [2.24, 2.45) is 0 Å². The standard InChI is InChI=1S/C31H38N8O5/c1-37(2)25-11-13-39(19-25)28(40)22-5-9-24(10-6-22)33-30(41)32-23-7-3-21(4-8-23)27-34-29(38-14-17-42-18-15-38)36-31(35-27)44-26-12-16-43-20-26/h3-10,25-26H,11-20H2,1-2H3,(H2,32,33,41)/t25-,26?/m1/s1. The second kappa shape index (κ2) is 13.5. The van der Waals surface area contributed by atoms with Crippen LogP contribution in [0.15, 0.2) is 48.5 Å². The predicted molar refractivity (Wildman–Crippen MR) is 165 cm³/mol. The van der Waals surface area contributed by atoms with Crippen LogP contribution in [0.4, 0.5) is 22.1 Å². The Balaban J connectivity index is 1.08. The fourth-order valence-corrected chi connectivity index (χ4v) is 5.41. The molecule has 4 heterocycles. The van der Waals surface area contributed by atoms with Crippen molar-refractivity contribution in [3.63, 3.8) is 0 Å². The zero-order valence-electron chi connectivity index (χ0n) is 25.1. The van der Waals surface area contributed by atoms with Gasteiger partial charge >= 0.3 is 12.0 Å². The number of hydrogen-bond acceptors (Lipinski definition) is 10. The fourth-order valence-electron chi connectivity index (χ4n) is 5.41. The molecule has 1 unspecified atom stereocenters. The first kappa shape index (κ1) is 29.7. The summed E-state index contributed by atoms with van der Waals surface area (Å²) < 4.78 is 16.9. The average Bonchev–Trinajstić information content (AvgIpc) is 3.75. The lowest BCUT2D eigenvalue weighted by Crippen LogP contribution is -2.37. The first-order valence-corrected chi connectivity index (χ1v) is 15.0. The van der Waals surface area contributed by atoms with E-state index in [2.05, 4.69) is 30.4 Å². The Bertz CT molecular complexity index is 1440. The molecule has 3 aromatic rings. The van der Waals surface area contributed by atoms with Gasteiger partial charge in [-0.05, 0) is 69.0 Å². The SMILES string of the molecule is CN(C)[C@@H]1CCN(C(=O)c2ccc(NC(=O)Nc3ccc(-c4nc(OC5CCOC5)nc(N5CCOCC5)n4)cc3)cc2)C1. The molecule has 2 N–H and O–H groups in total. The van der Waals surface area contributed by atoms with Crippen LogP contribution in [0.1, 0.15) is 23.2 Å². The second-order valence-corrected chi connectivity index (χ2v) is 11.3. The van der Waals surface area contributed by atoms with Crippen molar-refractivity contribution >= 4 is 29.3 Å². The number of likely N-dealkylation sites (tertiary alicyclic amines) is 1. The molecule has 0 radical (unpaired) electrons. The third kappa shape index (κ3) is 7.24. The summed E-state index contributed by atoms with van der Waals surface area (Å²) in [5, 5.41) is 5.67. The largest absolute Gasteiger partial charge is 0.457 e. The topological polar surface area (TPSA) is 134 Å². The van der Waals surface area contributed by atoms with E-state index in [1.807, 2.05) is 31.1 Å². The summed E-state index contributed by atoms with van der Waals surface area (Å²) in [6, 6.07) is 14.5. The van der Waals surface area contributed by atoms with Crippen LogP contribution < -0.4 is 20.3 Å². The Labute approximate surface area is 256 Å². The Kier molecular flexibility index (Phi) is 9.15. The Morgan fingerprint density at radius 2 is 1.57 bits per heavy atom. The van der Waals surface area contributed by atoms with Gasteiger partial charge in [-0.1, -0.05) is 0 Å². The van der Waals surface area contributed by atoms with Gasteiger partial charge in [-0.2, -0.15) is 15.0 Å². The third-order valence-electron chi connectivity index (χ3n) is 8.03. The number of urea groups is 1. The first-order valence-electron chi connectivity index (χ1n) is 15.0. The van der Waals surface area contributed by atoms with Crippen LogP contribution in [0.5, 0.6) is 6.01 Å². The molecular formula is C31H38N8O5. The van der Waals surface area contributed by atoms with Crippen LogP contribution in [0.3, 0.4) is 0 Å². The molecule has 1 aromatic heterocycles. The minimum absolute atomic E-state index is 0.00641. The number of likely N-dealkylation sites (N-methyl/N-ethyl adjacent to an activating group) is 1. The Morgan fingerprint density at radius 3 is 2.20 bits per heavy atom. The fraction of sp³-hybridized carbons (Fsp3) is 0.452. The molecule has 0 aliphatic carbocycles. The molecule has 3 amide bonds. The van der Waals surface area contributed by atoms with Crippen molar-refractivity contribution in [1.82, 2.24) is 24.8 Å². The number of aromatic nitrogens is 3. The van der Waals surface area contributed by atoms with Crippen molar-refractivity contribution in [2.75, 3.05) is 82.2 Å². The van der Waals surface area contributed by atoms with Gasteiger partial charge in [0, 0.05) is 61.1 Å². The Hall–Kier alpha value is -4.33. The number of nitrogens with one attached hydrogen (secondary N) is 2. The molecular weight excluding hydrogens is 564 g/mol. The zero-order valence-corrected chi connectivity index (χ0v) is 25.1. The summed E-state index contributed by atoms with van der Waals surface area (Å²) in [7, 11) is 4.07. The van der Waals surface area contributed by atoms with Crippen LogP contribution >= 0.6 is 0 Å². The molecule has 3 fully saturated rings. The maximum Gasteiger partial charge on any atom is 0.323 e. The number of nitrogens with zero attached hydrogens (tertiary/aromatic N) is 6. The lowest BCUT2D eigenvalue weighted by molar-refractivity contribution is 0.0783. The van der Waals surface area contributed by atoms with E-state index in [4.69, 9.17) is 19.2 Å². The number of rotatable bonds is 8. The maximum absolute atomic E-state index is 12.9. The molecule has 2 aromatic carbocycles. The third-order valence-corrected chi connectivity index (χ3v) is 8.03. The minimum Gasteiger partial charge on any atom is -0.457 e. The Morgan fingerprint density at radius 1 is 0.864 bits per heavy atom. The van der Waals surface area contributed by atoms with E-state index in [-0.39, 0.29) is 18.0 Å². The van der Waals surface area contributed by atoms with Gasteiger partial charge in [-0.25, -0.2) is 4.79 Å². The molecule has 3 aliphatic heterocycles. The van der Waals surface area contributed by atoms with Crippen molar-refractivity contribution in [2.45, 2.75) is 25.0 Å². The van der Waals surface area contributed by atoms with E-state index in [9.17, 15) is 9.59 Å². The van der Waals surface area contributed by atoms with Crippen molar-refractivity contribution in [3.05, 3.63) is 54.1 Å². The van der Waals surface area contributed by atoms with Gasteiger partial charge in [0.15, 0.2) is 5.82 Å². The van der Waals surface area contributed by atoms with Gasteiger partial charge in [0.05, 0.1) is 26.4 Å². The number of carbonyl (C=O) groups excluding carboxylic acids is 2. The van der Waals surface area contributed by atoms with Gasteiger partial charge in [0.2, 0.25) is 5.95 Å². The summed E-state index contributed by atoms with van der Waals surface area (Å²) in [5.74, 6) is 1.03. The van der Waals surface area contributed by atoms with Gasteiger partial charge in [0.1, 0.15) is 6.10 Å². The van der Waals surface area contributed by atoms with Crippen LogP contribution in [0, 0.1) is 0 Å². The summed E-state index contributed by atoms with van der Waals surface area (Å²) >= 11 is 0. The molecule has 13 nitrogen and oxygen atoms in total. The highest BCUT2D eigenvalue weighted by molar-refractivity contribution is 6.00. The first-order chi connectivity index (χ1) is 21.4. The highest BCUT2D eigenvalue weighted by Crippen LogP contribution is 2.25. The summed E-state index contributed by atoms with van der Waals surface area (Å²) in [5.41, 5.74) is 2.55. The molecule has 0 saturated carbocycles. The summed E-state index contributed by atoms with van der Waals surface area (Å²) in [4.78, 5) is 45.6. The van der Waals surface area contributed by atoms with Crippen molar-refractivity contribution in [3.8, 4) is 17.4 Å². The van der Waals surface area contributed by atoms with E-state index in [0.29, 0.717) is 74.3 Å². The van der Waals surface area contributed by atoms with Crippen LogP contribution in [0.2, 0.25) is 0 Å². The number of hydrogen-bond donors (Lipinski definition) is 2. The lowest BCUT2D eigenvalue weighted by atomic mass is 10.2. The van der Waals surface area contributed by atoms with Crippen LogP contribution in [-0.4, -0.2) is 116 Å². The average molecular weight is 603 g/mol. The van der Waals surface area contributed by atoms with Crippen LogP contribution in [0.25, 0.3) is 11.4 Å². The number of amides is 3. The van der Waals surface area contributed by atoms with E-state index in [1.165, 1.54) is 0 Å². The quantitative estimate of drug-likeness (QED) is 0.396. The smallest absolute Gasteiger partial charge is 0.323 e. The molecule has 3 aliphatic rings. The number of morpholine rings is 1. The number of ether oxygens (including phenoxy) is 3. The molecule has 6 rings (SSSR count). The molecule has 13 heteroatoms. The van der Waals surface area contributed by atoms with E-state index in [1.54, 1.807) is 36.4 Å². The number of carbonyl (C=O) groups is 2. The maximum atomic E-state index is 12.9. The molecule has 0 bridgehead atoms. The van der Waals surface area contributed by atoms with Gasteiger partial charge in [-0.3, -0.25) is 4.79 Å². The van der Waals surface area contributed by atoms with E-state index >= 15 is 0 Å². The minimum atomic E-state index is -0.394. The normalized spacial score (nSPS) is 20.2. The number of anilines is 3. The van der Waals surface area contributed by atoms with E-state index in [0.717, 1.165) is 31.5 Å². The molecule has 2 atom stereocenters. The highest BCUT2D eigenvalue weighted by atomic mass is 16.6. The molecule has 44 heavy (non-hydrogen) atoms. The zero-order chi connectivity index (χ0) is 30.5. The van der Waals surface area contributed by atoms with Crippen molar-refractivity contribution in [1.29, 1.82) is 0 Å². The summed E-state index contributed by atoms with van der Waals surface area (Å²) in [6.45, 7) is 5.21. The predicted octanol–water partition coefficient (Wildman–Crippen LogP) is 2.96. The molecule has 232 valence electrons. The van der Waals surface area contributed by atoms with Crippen molar-refractivity contribution < 1.29 is 23.8 Å². The number of benzene rings is 2. The lowest BCUT2D eigenvalue weighted by Gasteiger charge is -2.27. The van der Waals surface area contributed by atoms with Gasteiger partial charge < -0.3 is 39.5 Å². The molecule has 0 spiro atoms. The van der Waals surface area contributed by atoms with Crippen LogP contribution in [-0.2, 0) is 9.47 Å². The monoisotopic (exact) mass is 602 g/mol. The van der Waals surface area contributed by atoms with Gasteiger partial charge in [-0.15, -0.1) is 0 Å². The van der Waals surface area contributed by atoms with E-state index < -0.39 is 6.03 Å². The molecule has 3 saturated heterocycles. The highest BCUT2D eigenvalue weighted by Gasteiger charge is 2.28. The second-order valence-electron chi connectivity index (χ2n) is 11.3. The van der Waals surface area contributed by atoms with Gasteiger partial charge in [0.25, 0.3) is 5.91 Å².